The first-order chi connectivity index (χ1) is 19.4. The third kappa shape index (κ3) is 8.11. The molecule has 0 saturated heterocycles. The molecule has 0 aliphatic rings. The van der Waals surface area contributed by atoms with Gasteiger partial charge in [0.2, 0.25) is 11.8 Å². The summed E-state index contributed by atoms with van der Waals surface area (Å²) in [5.74, 6) is -0.759. The van der Waals surface area contributed by atoms with E-state index in [9.17, 15) is 18.0 Å². The minimum absolute atomic E-state index is 0.0716. The van der Waals surface area contributed by atoms with E-state index in [2.05, 4.69) is 5.32 Å². The maximum atomic E-state index is 14.2. The van der Waals surface area contributed by atoms with E-state index in [0.717, 1.165) is 33.0 Å². The number of hydrogen-bond acceptors (Lipinski definition) is 4. The van der Waals surface area contributed by atoms with Gasteiger partial charge >= 0.3 is 0 Å². The third-order valence-corrected chi connectivity index (χ3v) is 9.19. The van der Waals surface area contributed by atoms with Gasteiger partial charge in [0.25, 0.3) is 10.0 Å². The molecule has 3 aromatic rings. The van der Waals surface area contributed by atoms with Crippen LogP contribution in [0.15, 0.2) is 71.6 Å². The summed E-state index contributed by atoms with van der Waals surface area (Å²) in [5.41, 5.74) is 3.80. The molecule has 0 aromatic heterocycles. The van der Waals surface area contributed by atoms with Gasteiger partial charge in [0.15, 0.2) is 0 Å². The van der Waals surface area contributed by atoms with Gasteiger partial charge in [-0.1, -0.05) is 73.0 Å². The Bertz CT molecular complexity index is 1460. The van der Waals surface area contributed by atoms with E-state index in [-0.39, 0.29) is 23.4 Å². The van der Waals surface area contributed by atoms with Crippen molar-refractivity contribution in [3.63, 3.8) is 0 Å². The average Bonchev–Trinajstić information content (AvgIpc) is 2.93. The Morgan fingerprint density at radius 2 is 1.49 bits per heavy atom. The van der Waals surface area contributed by atoms with Gasteiger partial charge in [0.05, 0.1) is 10.6 Å². The van der Waals surface area contributed by atoms with Gasteiger partial charge in [0.1, 0.15) is 12.6 Å². The molecule has 0 heterocycles. The lowest BCUT2D eigenvalue weighted by atomic mass is 10.1. The van der Waals surface area contributed by atoms with Gasteiger partial charge in [-0.2, -0.15) is 0 Å². The van der Waals surface area contributed by atoms with Crippen LogP contribution in [0.25, 0.3) is 0 Å². The minimum Gasteiger partial charge on any atom is -0.352 e. The van der Waals surface area contributed by atoms with Crippen LogP contribution in [0, 0.1) is 20.8 Å². The molecule has 3 rings (SSSR count). The lowest BCUT2D eigenvalue weighted by molar-refractivity contribution is -0.140. The highest BCUT2D eigenvalue weighted by molar-refractivity contribution is 7.92. The second-order valence-electron chi connectivity index (χ2n) is 10.5. The molecule has 1 N–H and O–H groups in total. The number of nitrogens with zero attached hydrogens (tertiary/aromatic N) is 2. The van der Waals surface area contributed by atoms with E-state index in [4.69, 9.17) is 11.6 Å². The molecule has 41 heavy (non-hydrogen) atoms. The maximum absolute atomic E-state index is 14.2. The second-order valence-corrected chi connectivity index (χ2v) is 12.8. The fourth-order valence-electron chi connectivity index (χ4n) is 4.58. The molecule has 0 aliphatic carbocycles. The summed E-state index contributed by atoms with van der Waals surface area (Å²) in [5, 5.41) is 3.54. The van der Waals surface area contributed by atoms with Gasteiger partial charge < -0.3 is 10.2 Å². The summed E-state index contributed by atoms with van der Waals surface area (Å²) < 4.78 is 29.3. The predicted molar refractivity (Wildman–Crippen MR) is 166 cm³/mol. The van der Waals surface area contributed by atoms with Crippen molar-refractivity contribution >= 4 is 39.1 Å². The summed E-state index contributed by atoms with van der Waals surface area (Å²) >= 11 is 6.09. The van der Waals surface area contributed by atoms with Crippen LogP contribution in [-0.4, -0.2) is 43.8 Å². The summed E-state index contributed by atoms with van der Waals surface area (Å²) in [6.07, 6.45) is 1.10. The first kappa shape index (κ1) is 32.2. The van der Waals surface area contributed by atoms with Crippen molar-refractivity contribution in [2.24, 2.45) is 0 Å². The van der Waals surface area contributed by atoms with Gasteiger partial charge in [-0.25, -0.2) is 8.42 Å². The van der Waals surface area contributed by atoms with E-state index < -0.39 is 28.5 Å². The summed E-state index contributed by atoms with van der Waals surface area (Å²) in [6, 6.07) is 18.2. The molecule has 0 bridgehead atoms. The van der Waals surface area contributed by atoms with Crippen molar-refractivity contribution in [3.05, 3.63) is 94.0 Å². The van der Waals surface area contributed by atoms with Gasteiger partial charge in [-0.15, -0.1) is 0 Å². The molecule has 0 unspecified atom stereocenters. The van der Waals surface area contributed by atoms with Crippen LogP contribution in [-0.2, 0) is 26.2 Å². The van der Waals surface area contributed by atoms with E-state index >= 15 is 0 Å². The van der Waals surface area contributed by atoms with E-state index in [1.807, 2.05) is 53.7 Å². The Morgan fingerprint density at radius 1 is 0.878 bits per heavy atom. The molecule has 9 heteroatoms. The molecular weight excluding hydrogens is 558 g/mol. The number of carbonyl (C=O) groups excluding carboxylic acids is 2. The number of rotatable bonds is 12. The molecule has 7 nitrogen and oxygen atoms in total. The van der Waals surface area contributed by atoms with Crippen molar-refractivity contribution < 1.29 is 18.0 Å². The van der Waals surface area contributed by atoms with Crippen LogP contribution in [0.4, 0.5) is 5.69 Å². The highest BCUT2D eigenvalue weighted by Crippen LogP contribution is 2.28. The molecule has 2 amide bonds. The molecule has 0 radical (unpaired) electrons. The Morgan fingerprint density at radius 3 is 2.05 bits per heavy atom. The van der Waals surface area contributed by atoms with Crippen LogP contribution < -0.4 is 9.62 Å². The van der Waals surface area contributed by atoms with Crippen molar-refractivity contribution in [2.45, 2.75) is 77.9 Å². The minimum atomic E-state index is -4.12. The zero-order valence-corrected chi connectivity index (χ0v) is 26.2. The molecular formula is C32H40ClN3O4S. The van der Waals surface area contributed by atoms with Crippen LogP contribution in [0.1, 0.15) is 55.9 Å². The fraction of sp³-hybridized carbons (Fsp3) is 0.375. The molecule has 3 aromatic carbocycles. The first-order valence-corrected chi connectivity index (χ1v) is 15.7. The number of hydrogen-bond donors (Lipinski definition) is 1. The quantitative estimate of drug-likeness (QED) is 0.270. The van der Waals surface area contributed by atoms with Crippen molar-refractivity contribution in [2.75, 3.05) is 10.8 Å². The first-order valence-electron chi connectivity index (χ1n) is 13.9. The van der Waals surface area contributed by atoms with Crippen molar-refractivity contribution in [3.8, 4) is 0 Å². The largest absolute Gasteiger partial charge is 0.352 e. The summed E-state index contributed by atoms with van der Waals surface area (Å²) in [7, 11) is -4.12. The van der Waals surface area contributed by atoms with E-state index in [0.29, 0.717) is 17.1 Å². The highest BCUT2D eigenvalue weighted by Gasteiger charge is 2.34. The smallest absolute Gasteiger partial charge is 0.264 e. The highest BCUT2D eigenvalue weighted by atomic mass is 35.5. The molecule has 0 spiro atoms. The Kier molecular flexibility index (Phi) is 11.0. The number of sulfonamides is 1. The monoisotopic (exact) mass is 597 g/mol. The number of aryl methyl sites for hydroxylation is 3. The van der Waals surface area contributed by atoms with Crippen molar-refractivity contribution in [1.29, 1.82) is 0 Å². The van der Waals surface area contributed by atoms with Crippen LogP contribution >= 0.6 is 11.6 Å². The van der Waals surface area contributed by atoms with Crippen LogP contribution in [0.5, 0.6) is 0 Å². The maximum Gasteiger partial charge on any atom is 0.264 e. The predicted octanol–water partition coefficient (Wildman–Crippen LogP) is 6.18. The van der Waals surface area contributed by atoms with Gasteiger partial charge in [-0.05, 0) is 82.0 Å². The summed E-state index contributed by atoms with van der Waals surface area (Å²) in [4.78, 5) is 29.1. The number of anilines is 1. The Labute approximate surface area is 249 Å². The lowest BCUT2D eigenvalue weighted by Crippen LogP contribution is -2.53. The Balaban J connectivity index is 2.09. The van der Waals surface area contributed by atoms with Crippen LogP contribution in [0.3, 0.4) is 0 Å². The number of nitrogens with one attached hydrogen (secondary N) is 1. The topological polar surface area (TPSA) is 86.8 Å². The number of carbonyl (C=O) groups is 2. The summed E-state index contributed by atoms with van der Waals surface area (Å²) in [6.45, 7) is 11.0. The third-order valence-electron chi connectivity index (χ3n) is 7.16. The van der Waals surface area contributed by atoms with E-state index in [1.165, 1.54) is 4.90 Å². The molecule has 0 fully saturated rings. The fourth-order valence-corrected chi connectivity index (χ4v) is 6.19. The van der Waals surface area contributed by atoms with Gasteiger partial charge in [0, 0.05) is 17.6 Å². The molecule has 2 atom stereocenters. The average molecular weight is 598 g/mol. The SMILES string of the molecule is CC[C@@H](C)NC(=O)[C@H](CC)N(Cc1ccc(Cl)cc1)C(=O)CN(c1ccc(C)cc1C)S(=O)(=O)c1ccc(C)cc1. The van der Waals surface area contributed by atoms with Crippen molar-refractivity contribution in [1.82, 2.24) is 10.2 Å². The second kappa shape index (κ2) is 14.0. The lowest BCUT2D eigenvalue weighted by Gasteiger charge is -2.34. The number of halogens is 1. The zero-order chi connectivity index (χ0) is 30.3. The standard InChI is InChI=1S/C32H40ClN3O4S/c1-7-25(6)34-32(38)29(8-2)35(20-26-12-14-27(33)15-13-26)31(37)21-36(30-18-11-23(4)19-24(30)5)41(39,40)28-16-9-22(3)10-17-28/h9-19,25,29H,7-8,20-21H2,1-6H3,(H,34,38)/t25-,29+/m1/s1. The number of amides is 2. The molecule has 0 aliphatic heterocycles. The van der Waals surface area contributed by atoms with E-state index in [1.54, 1.807) is 54.6 Å². The molecule has 220 valence electrons. The number of benzene rings is 3. The normalized spacial score (nSPS) is 12.9. The van der Waals surface area contributed by atoms with Crippen LogP contribution in [0.2, 0.25) is 5.02 Å². The molecule has 0 saturated carbocycles. The van der Waals surface area contributed by atoms with Gasteiger partial charge in [-0.3, -0.25) is 13.9 Å². The zero-order valence-electron chi connectivity index (χ0n) is 24.6. The Hall–Kier alpha value is -3.36.